The van der Waals surface area contributed by atoms with Gasteiger partial charge >= 0.3 is 0 Å². The summed E-state index contributed by atoms with van der Waals surface area (Å²) in [4.78, 5) is 29.1. The second-order valence-electron chi connectivity index (χ2n) is 4.61. The second-order valence-corrected chi connectivity index (χ2v) is 4.61. The van der Waals surface area contributed by atoms with E-state index < -0.39 is 17.5 Å². The summed E-state index contributed by atoms with van der Waals surface area (Å²) < 4.78 is 18.3. The smallest absolute Gasteiger partial charge is 0.299 e. The van der Waals surface area contributed by atoms with Crippen molar-refractivity contribution in [1.82, 2.24) is 4.98 Å². The first kappa shape index (κ1) is 13.2. The van der Waals surface area contributed by atoms with Crippen LogP contribution in [0.5, 0.6) is 5.75 Å². The third kappa shape index (κ3) is 2.24. The standard InChI is InChI=1S/C15H11FN2O3/c1-21-11-2-3-12-13(5-11)18(15(20)14(12)19)8-9-4-10(16)7-17-6-9/h2-7H,8H2,1H3. The van der Waals surface area contributed by atoms with Crippen LogP contribution in [0.25, 0.3) is 0 Å². The molecule has 1 aromatic carbocycles. The van der Waals surface area contributed by atoms with E-state index >= 15 is 0 Å². The lowest BCUT2D eigenvalue weighted by molar-refractivity contribution is -0.114. The molecule has 0 radical (unpaired) electrons. The van der Waals surface area contributed by atoms with Crippen LogP contribution in [-0.2, 0) is 11.3 Å². The molecule has 106 valence electrons. The van der Waals surface area contributed by atoms with Crippen molar-refractivity contribution in [2.75, 3.05) is 12.0 Å². The zero-order chi connectivity index (χ0) is 15.0. The Kier molecular flexibility index (Phi) is 3.13. The van der Waals surface area contributed by atoms with Crippen LogP contribution in [0.4, 0.5) is 10.1 Å². The number of Topliss-reactive ketones (excluding diaryl/α,β-unsaturated/α-hetero) is 1. The molecule has 0 saturated carbocycles. The summed E-state index contributed by atoms with van der Waals surface area (Å²) >= 11 is 0. The lowest BCUT2D eigenvalue weighted by Gasteiger charge is -2.16. The molecular weight excluding hydrogens is 275 g/mol. The van der Waals surface area contributed by atoms with Gasteiger partial charge < -0.3 is 9.64 Å². The molecule has 2 aromatic rings. The van der Waals surface area contributed by atoms with Gasteiger partial charge in [0.1, 0.15) is 11.6 Å². The lowest BCUT2D eigenvalue weighted by Crippen LogP contribution is -2.29. The van der Waals surface area contributed by atoms with Crippen molar-refractivity contribution in [1.29, 1.82) is 0 Å². The number of halogens is 1. The van der Waals surface area contributed by atoms with Crippen molar-refractivity contribution >= 4 is 17.4 Å². The van der Waals surface area contributed by atoms with Crippen molar-refractivity contribution in [3.05, 3.63) is 53.6 Å². The molecule has 0 fully saturated rings. The number of methoxy groups -OCH3 is 1. The molecule has 6 heteroatoms. The van der Waals surface area contributed by atoms with Crippen molar-refractivity contribution in [3.8, 4) is 5.75 Å². The summed E-state index contributed by atoms with van der Waals surface area (Å²) in [5.74, 6) is -1.16. The van der Waals surface area contributed by atoms with Gasteiger partial charge in [-0.25, -0.2) is 4.39 Å². The Balaban J connectivity index is 2.00. The van der Waals surface area contributed by atoms with E-state index in [9.17, 15) is 14.0 Å². The molecule has 21 heavy (non-hydrogen) atoms. The fourth-order valence-electron chi connectivity index (χ4n) is 2.28. The van der Waals surface area contributed by atoms with Gasteiger partial charge in [-0.1, -0.05) is 0 Å². The number of carbonyl (C=O) groups is 2. The van der Waals surface area contributed by atoms with Crippen LogP contribution >= 0.6 is 0 Å². The predicted octanol–water partition coefficient (Wildman–Crippen LogP) is 1.96. The normalized spacial score (nSPS) is 13.5. The van der Waals surface area contributed by atoms with E-state index in [1.807, 2.05) is 0 Å². The summed E-state index contributed by atoms with van der Waals surface area (Å²) in [6.07, 6.45) is 2.54. The molecule has 1 aliphatic heterocycles. The quantitative estimate of drug-likeness (QED) is 0.809. The Morgan fingerprint density at radius 2 is 2.05 bits per heavy atom. The number of pyridine rings is 1. The minimum Gasteiger partial charge on any atom is -0.497 e. The number of ether oxygens (including phenoxy) is 1. The fourth-order valence-corrected chi connectivity index (χ4v) is 2.28. The Morgan fingerprint density at radius 1 is 1.24 bits per heavy atom. The summed E-state index contributed by atoms with van der Waals surface area (Å²) in [7, 11) is 1.50. The van der Waals surface area contributed by atoms with E-state index in [0.29, 0.717) is 22.6 Å². The number of benzene rings is 1. The Bertz CT molecular complexity index is 745. The van der Waals surface area contributed by atoms with Gasteiger partial charge in [0.2, 0.25) is 0 Å². The lowest BCUT2D eigenvalue weighted by atomic mass is 10.1. The maximum absolute atomic E-state index is 13.2. The van der Waals surface area contributed by atoms with Gasteiger partial charge in [-0.05, 0) is 23.8 Å². The van der Waals surface area contributed by atoms with E-state index in [4.69, 9.17) is 4.74 Å². The highest BCUT2D eigenvalue weighted by Crippen LogP contribution is 2.33. The monoisotopic (exact) mass is 286 g/mol. The van der Waals surface area contributed by atoms with Gasteiger partial charge in [0.25, 0.3) is 11.7 Å². The largest absolute Gasteiger partial charge is 0.497 e. The van der Waals surface area contributed by atoms with Crippen LogP contribution < -0.4 is 9.64 Å². The number of anilines is 1. The summed E-state index contributed by atoms with van der Waals surface area (Å²) in [6.45, 7) is 0.0789. The number of carbonyl (C=O) groups excluding carboxylic acids is 2. The Morgan fingerprint density at radius 3 is 2.76 bits per heavy atom. The second kappa shape index (κ2) is 4.97. The number of amides is 1. The van der Waals surface area contributed by atoms with Crippen molar-refractivity contribution in [2.45, 2.75) is 6.54 Å². The highest BCUT2D eigenvalue weighted by molar-refractivity contribution is 6.52. The zero-order valence-electron chi connectivity index (χ0n) is 11.2. The van der Waals surface area contributed by atoms with Crippen LogP contribution in [0.3, 0.4) is 0 Å². The Labute approximate surface area is 120 Å². The highest BCUT2D eigenvalue weighted by atomic mass is 19.1. The minimum atomic E-state index is -0.637. The molecule has 3 rings (SSSR count). The number of aromatic nitrogens is 1. The molecule has 0 saturated heterocycles. The first-order valence-corrected chi connectivity index (χ1v) is 6.24. The van der Waals surface area contributed by atoms with Gasteiger partial charge in [-0.15, -0.1) is 0 Å². The van der Waals surface area contributed by atoms with E-state index in [1.165, 1.54) is 24.3 Å². The summed E-state index contributed by atoms with van der Waals surface area (Å²) in [5.41, 5.74) is 1.30. The zero-order valence-corrected chi connectivity index (χ0v) is 11.2. The van der Waals surface area contributed by atoms with Gasteiger partial charge in [0, 0.05) is 12.3 Å². The van der Waals surface area contributed by atoms with E-state index in [2.05, 4.69) is 4.98 Å². The Hall–Kier alpha value is -2.76. The third-order valence-corrected chi connectivity index (χ3v) is 3.28. The van der Waals surface area contributed by atoms with E-state index in [0.717, 1.165) is 6.20 Å². The third-order valence-electron chi connectivity index (χ3n) is 3.28. The molecule has 0 spiro atoms. The molecule has 1 aliphatic rings. The summed E-state index contributed by atoms with van der Waals surface area (Å²) in [5, 5.41) is 0. The number of nitrogens with zero attached hydrogens (tertiary/aromatic N) is 2. The number of rotatable bonds is 3. The maximum Gasteiger partial charge on any atom is 0.299 e. The fraction of sp³-hybridized carbons (Fsp3) is 0.133. The van der Waals surface area contributed by atoms with Crippen molar-refractivity contribution in [3.63, 3.8) is 0 Å². The van der Waals surface area contributed by atoms with Gasteiger partial charge in [-0.2, -0.15) is 0 Å². The van der Waals surface area contributed by atoms with Crippen LogP contribution in [0, 0.1) is 5.82 Å². The van der Waals surface area contributed by atoms with Gasteiger partial charge in [0.05, 0.1) is 31.1 Å². The number of ketones is 1. The summed E-state index contributed by atoms with van der Waals surface area (Å²) in [6, 6.07) is 6.07. The molecule has 0 N–H and O–H groups in total. The topological polar surface area (TPSA) is 59.5 Å². The van der Waals surface area contributed by atoms with Crippen molar-refractivity contribution in [2.24, 2.45) is 0 Å². The van der Waals surface area contributed by atoms with E-state index in [-0.39, 0.29) is 6.54 Å². The molecular formula is C15H11FN2O3. The molecule has 5 nitrogen and oxygen atoms in total. The SMILES string of the molecule is COc1ccc2c(c1)N(Cc1cncc(F)c1)C(=O)C2=O. The van der Waals surface area contributed by atoms with Crippen LogP contribution in [-0.4, -0.2) is 23.8 Å². The van der Waals surface area contributed by atoms with Crippen molar-refractivity contribution < 1.29 is 18.7 Å². The molecule has 2 heterocycles. The first-order valence-electron chi connectivity index (χ1n) is 6.24. The average molecular weight is 286 g/mol. The molecule has 0 bridgehead atoms. The minimum absolute atomic E-state index is 0.0789. The van der Waals surface area contributed by atoms with Gasteiger partial charge in [-0.3, -0.25) is 14.6 Å². The number of hydrogen-bond donors (Lipinski definition) is 0. The number of hydrogen-bond acceptors (Lipinski definition) is 4. The average Bonchev–Trinajstić information content (AvgIpc) is 2.72. The van der Waals surface area contributed by atoms with Crippen LogP contribution in [0.2, 0.25) is 0 Å². The highest BCUT2D eigenvalue weighted by Gasteiger charge is 2.36. The van der Waals surface area contributed by atoms with Gasteiger partial charge in [0.15, 0.2) is 0 Å². The predicted molar refractivity (Wildman–Crippen MR) is 72.7 cm³/mol. The maximum atomic E-state index is 13.2. The number of fused-ring (bicyclic) bond motifs is 1. The van der Waals surface area contributed by atoms with E-state index in [1.54, 1.807) is 18.2 Å². The molecule has 1 amide bonds. The van der Waals surface area contributed by atoms with Crippen LogP contribution in [0.1, 0.15) is 15.9 Å². The van der Waals surface area contributed by atoms with Crippen LogP contribution in [0.15, 0.2) is 36.7 Å². The molecule has 0 aliphatic carbocycles. The molecule has 1 aromatic heterocycles. The molecule has 0 atom stereocenters. The first-order chi connectivity index (χ1) is 10.1. The molecule has 0 unspecified atom stereocenters.